The molecule has 1 amide bonds. The van der Waals surface area contributed by atoms with Gasteiger partial charge in [0, 0.05) is 19.2 Å². The molecule has 3 rings (SSSR count). The van der Waals surface area contributed by atoms with Gasteiger partial charge in [-0.25, -0.2) is 8.78 Å². The van der Waals surface area contributed by atoms with Crippen LogP contribution in [0.25, 0.3) is 0 Å². The molecule has 4 nitrogen and oxygen atoms in total. The Labute approximate surface area is 139 Å². The lowest BCUT2D eigenvalue weighted by Crippen LogP contribution is -2.24. The number of rotatable bonds is 5. The molecule has 126 valence electrons. The topological polar surface area (TPSA) is 41.6 Å². The van der Waals surface area contributed by atoms with Gasteiger partial charge in [0.2, 0.25) is 0 Å². The number of hydrogen-bond donors (Lipinski definition) is 1. The zero-order valence-electron chi connectivity index (χ0n) is 13.1. The van der Waals surface area contributed by atoms with Gasteiger partial charge in [-0.2, -0.15) is 0 Å². The van der Waals surface area contributed by atoms with Gasteiger partial charge < -0.3 is 15.0 Å². The number of ether oxygens (including phenoxy) is 1. The summed E-state index contributed by atoms with van der Waals surface area (Å²) in [5, 5.41) is 2.79. The predicted octanol–water partition coefficient (Wildman–Crippen LogP) is 3.58. The fraction of sp³-hybridized carbons (Fsp3) is 0.278. The molecule has 1 N–H and O–H groups in total. The number of anilines is 2. The molecule has 0 unspecified atom stereocenters. The summed E-state index contributed by atoms with van der Waals surface area (Å²) in [6.07, 6.45) is 2.27. The van der Waals surface area contributed by atoms with Crippen molar-refractivity contribution in [3.63, 3.8) is 0 Å². The van der Waals surface area contributed by atoms with Crippen molar-refractivity contribution in [1.29, 1.82) is 0 Å². The van der Waals surface area contributed by atoms with Crippen LogP contribution in [0.2, 0.25) is 0 Å². The van der Waals surface area contributed by atoms with Crippen LogP contribution in [0.5, 0.6) is 5.75 Å². The Bertz CT molecular complexity index is 731. The van der Waals surface area contributed by atoms with Crippen LogP contribution in [0.4, 0.5) is 20.2 Å². The molecule has 0 aromatic heterocycles. The van der Waals surface area contributed by atoms with Gasteiger partial charge in [-0.1, -0.05) is 12.1 Å². The maximum atomic E-state index is 13.5. The third-order valence-corrected chi connectivity index (χ3v) is 3.88. The van der Waals surface area contributed by atoms with E-state index in [9.17, 15) is 13.6 Å². The molecule has 1 heterocycles. The van der Waals surface area contributed by atoms with Gasteiger partial charge in [-0.3, -0.25) is 4.79 Å². The highest BCUT2D eigenvalue weighted by molar-refractivity contribution is 5.95. The Kier molecular flexibility index (Phi) is 4.93. The molecule has 6 heteroatoms. The van der Waals surface area contributed by atoms with Gasteiger partial charge in [0.25, 0.3) is 5.91 Å². The van der Waals surface area contributed by atoms with E-state index < -0.39 is 17.5 Å². The molecular formula is C18H18F2N2O2. The standard InChI is InChI=1S/C18H18F2N2O2/c19-13-7-8-17(14(20)11-13)24-12-18(23)21-15-5-1-2-6-16(15)22-9-3-4-10-22/h1-2,5-8,11H,3-4,9-10,12H2,(H,21,23). The summed E-state index contributed by atoms with van der Waals surface area (Å²) < 4.78 is 31.5. The maximum absolute atomic E-state index is 13.5. The highest BCUT2D eigenvalue weighted by Crippen LogP contribution is 2.28. The second-order valence-electron chi connectivity index (χ2n) is 5.62. The Morgan fingerprint density at radius 2 is 1.88 bits per heavy atom. The Hall–Kier alpha value is -2.63. The minimum Gasteiger partial charge on any atom is -0.481 e. The third kappa shape index (κ3) is 3.82. The van der Waals surface area contributed by atoms with Crippen molar-refractivity contribution in [2.75, 3.05) is 29.9 Å². The number of amides is 1. The van der Waals surface area contributed by atoms with Crippen LogP contribution < -0.4 is 15.0 Å². The second kappa shape index (κ2) is 7.29. The van der Waals surface area contributed by atoms with Crippen LogP contribution in [0, 0.1) is 11.6 Å². The number of carbonyl (C=O) groups is 1. The molecule has 2 aromatic carbocycles. The van der Waals surface area contributed by atoms with E-state index in [2.05, 4.69) is 10.2 Å². The smallest absolute Gasteiger partial charge is 0.262 e. The van der Waals surface area contributed by atoms with Gasteiger partial charge in [-0.15, -0.1) is 0 Å². The van der Waals surface area contributed by atoms with Crippen LogP contribution >= 0.6 is 0 Å². The first-order valence-electron chi connectivity index (χ1n) is 7.85. The summed E-state index contributed by atoms with van der Waals surface area (Å²) in [4.78, 5) is 14.3. The van der Waals surface area contributed by atoms with E-state index in [4.69, 9.17) is 4.74 Å². The van der Waals surface area contributed by atoms with Crippen molar-refractivity contribution < 1.29 is 18.3 Å². The van der Waals surface area contributed by atoms with Crippen LogP contribution in [0.15, 0.2) is 42.5 Å². The number of nitrogens with zero attached hydrogens (tertiary/aromatic N) is 1. The number of hydrogen-bond acceptors (Lipinski definition) is 3. The van der Waals surface area contributed by atoms with Crippen LogP contribution in [-0.4, -0.2) is 25.6 Å². The zero-order valence-corrected chi connectivity index (χ0v) is 13.1. The largest absolute Gasteiger partial charge is 0.481 e. The summed E-state index contributed by atoms with van der Waals surface area (Å²) in [7, 11) is 0. The summed E-state index contributed by atoms with van der Waals surface area (Å²) in [5.41, 5.74) is 1.67. The Morgan fingerprint density at radius 1 is 1.12 bits per heavy atom. The van der Waals surface area contributed by atoms with E-state index in [1.54, 1.807) is 0 Å². The lowest BCUT2D eigenvalue weighted by molar-refractivity contribution is -0.118. The van der Waals surface area contributed by atoms with Crippen molar-refractivity contribution in [2.24, 2.45) is 0 Å². The quantitative estimate of drug-likeness (QED) is 0.910. The monoisotopic (exact) mass is 332 g/mol. The lowest BCUT2D eigenvalue weighted by Gasteiger charge is -2.21. The number of para-hydroxylation sites is 2. The Morgan fingerprint density at radius 3 is 2.62 bits per heavy atom. The number of nitrogens with one attached hydrogen (secondary N) is 1. The molecule has 0 spiro atoms. The average Bonchev–Trinajstić information content (AvgIpc) is 3.09. The highest BCUT2D eigenvalue weighted by Gasteiger charge is 2.17. The predicted molar refractivity (Wildman–Crippen MR) is 88.4 cm³/mol. The molecule has 0 bridgehead atoms. The first kappa shape index (κ1) is 16.2. The molecule has 1 saturated heterocycles. The SMILES string of the molecule is O=C(COc1ccc(F)cc1F)Nc1ccccc1N1CCCC1. The van der Waals surface area contributed by atoms with Gasteiger partial charge in [0.05, 0.1) is 11.4 Å². The van der Waals surface area contributed by atoms with Gasteiger partial charge in [0.15, 0.2) is 18.2 Å². The van der Waals surface area contributed by atoms with E-state index >= 15 is 0 Å². The molecule has 0 aliphatic carbocycles. The molecule has 2 aromatic rings. The number of halogens is 2. The number of benzene rings is 2. The van der Waals surface area contributed by atoms with Crippen LogP contribution in [0.1, 0.15) is 12.8 Å². The van der Waals surface area contributed by atoms with E-state index in [1.165, 1.54) is 0 Å². The van der Waals surface area contributed by atoms with Crippen LogP contribution in [0.3, 0.4) is 0 Å². The highest BCUT2D eigenvalue weighted by atomic mass is 19.1. The number of carbonyl (C=O) groups excluding carboxylic acids is 1. The molecule has 1 aliphatic rings. The summed E-state index contributed by atoms with van der Waals surface area (Å²) >= 11 is 0. The maximum Gasteiger partial charge on any atom is 0.262 e. The zero-order chi connectivity index (χ0) is 16.9. The van der Waals surface area contributed by atoms with Gasteiger partial charge in [-0.05, 0) is 37.1 Å². The lowest BCUT2D eigenvalue weighted by atomic mass is 10.2. The summed E-state index contributed by atoms with van der Waals surface area (Å²) in [6.45, 7) is 1.57. The first-order valence-corrected chi connectivity index (χ1v) is 7.85. The molecule has 0 saturated carbocycles. The first-order chi connectivity index (χ1) is 11.6. The minimum atomic E-state index is -0.833. The summed E-state index contributed by atoms with van der Waals surface area (Å²) in [5.74, 6) is -2.08. The minimum absolute atomic E-state index is 0.153. The van der Waals surface area contributed by atoms with E-state index in [1.807, 2.05) is 24.3 Å². The fourth-order valence-electron chi connectivity index (χ4n) is 2.73. The van der Waals surface area contributed by atoms with Crippen molar-refractivity contribution >= 4 is 17.3 Å². The molecule has 24 heavy (non-hydrogen) atoms. The molecule has 1 aliphatic heterocycles. The average molecular weight is 332 g/mol. The van der Waals surface area contributed by atoms with E-state index in [0.717, 1.165) is 49.8 Å². The van der Waals surface area contributed by atoms with Crippen molar-refractivity contribution in [3.05, 3.63) is 54.1 Å². The molecule has 0 radical (unpaired) electrons. The van der Waals surface area contributed by atoms with E-state index in [-0.39, 0.29) is 12.4 Å². The van der Waals surface area contributed by atoms with E-state index in [0.29, 0.717) is 5.69 Å². The molecular weight excluding hydrogens is 314 g/mol. The summed E-state index contributed by atoms with van der Waals surface area (Å²) in [6, 6.07) is 10.5. The third-order valence-electron chi connectivity index (χ3n) is 3.88. The van der Waals surface area contributed by atoms with Gasteiger partial charge >= 0.3 is 0 Å². The Balaban J connectivity index is 1.63. The second-order valence-corrected chi connectivity index (χ2v) is 5.62. The van der Waals surface area contributed by atoms with Crippen molar-refractivity contribution in [1.82, 2.24) is 0 Å². The molecule has 0 atom stereocenters. The van der Waals surface area contributed by atoms with Crippen LogP contribution in [-0.2, 0) is 4.79 Å². The fourth-order valence-corrected chi connectivity index (χ4v) is 2.73. The van der Waals surface area contributed by atoms with Crippen molar-refractivity contribution in [2.45, 2.75) is 12.8 Å². The normalized spacial score (nSPS) is 13.8. The molecule has 1 fully saturated rings. The van der Waals surface area contributed by atoms with Gasteiger partial charge in [0.1, 0.15) is 5.82 Å². The van der Waals surface area contributed by atoms with Crippen molar-refractivity contribution in [3.8, 4) is 5.75 Å².